The summed E-state index contributed by atoms with van der Waals surface area (Å²) in [7, 11) is 1.18. The highest BCUT2D eigenvalue weighted by atomic mass is 35.5. The van der Waals surface area contributed by atoms with E-state index in [9.17, 15) is 22.8 Å². The number of carbonyl (C=O) groups excluding carboxylic acids is 2. The summed E-state index contributed by atoms with van der Waals surface area (Å²) < 4.78 is 53.0. The molecule has 138 valence electrons. The zero-order valence-corrected chi connectivity index (χ0v) is 14.1. The summed E-state index contributed by atoms with van der Waals surface area (Å²) in [5.74, 6) is -0.473. The number of carbonyl (C=O) groups is 2. The van der Waals surface area contributed by atoms with Crippen molar-refractivity contribution in [3.8, 4) is 17.2 Å². The summed E-state index contributed by atoms with van der Waals surface area (Å²) in [5.41, 5.74) is -0.756. The molecule has 0 fully saturated rings. The third-order valence-electron chi connectivity index (χ3n) is 3.17. The number of ether oxygens (including phenoxy) is 3. The molecule has 2 aromatic rings. The van der Waals surface area contributed by atoms with Gasteiger partial charge in [-0.15, -0.1) is 0 Å². The molecule has 0 aliphatic heterocycles. The third kappa shape index (κ3) is 4.89. The lowest BCUT2D eigenvalue weighted by Gasteiger charge is -2.13. The van der Waals surface area contributed by atoms with Gasteiger partial charge in [0.1, 0.15) is 17.2 Å². The molecule has 0 aliphatic carbocycles. The van der Waals surface area contributed by atoms with Crippen molar-refractivity contribution in [2.75, 3.05) is 13.7 Å². The van der Waals surface area contributed by atoms with Crippen LogP contribution >= 0.6 is 11.6 Å². The summed E-state index contributed by atoms with van der Waals surface area (Å²) >= 11 is 5.83. The number of halogens is 4. The minimum atomic E-state index is -4.53. The van der Waals surface area contributed by atoms with Crippen LogP contribution < -0.4 is 9.47 Å². The van der Waals surface area contributed by atoms with E-state index in [4.69, 9.17) is 21.1 Å². The fraction of sp³-hybridized carbons (Fsp3) is 0.176. The number of aldehydes is 1. The SMILES string of the molecule is COC(=O)COc1cc(Oc2ccc(C(F)(F)F)cc2Cl)ccc1C=O. The first-order valence-electron chi connectivity index (χ1n) is 7.08. The highest BCUT2D eigenvalue weighted by Crippen LogP contribution is 2.37. The van der Waals surface area contributed by atoms with Crippen LogP contribution in [0.5, 0.6) is 17.2 Å². The highest BCUT2D eigenvalue weighted by Gasteiger charge is 2.31. The molecule has 2 rings (SSSR count). The molecule has 5 nitrogen and oxygen atoms in total. The minimum absolute atomic E-state index is 0.0163. The van der Waals surface area contributed by atoms with Crippen molar-refractivity contribution in [1.29, 1.82) is 0 Å². The number of alkyl halides is 3. The van der Waals surface area contributed by atoms with Gasteiger partial charge < -0.3 is 14.2 Å². The normalized spacial score (nSPS) is 11.0. The van der Waals surface area contributed by atoms with Gasteiger partial charge in [0.05, 0.1) is 23.3 Å². The Bertz CT molecular complexity index is 821. The quantitative estimate of drug-likeness (QED) is 0.538. The Balaban J connectivity index is 2.24. The number of hydrogen-bond donors (Lipinski definition) is 0. The minimum Gasteiger partial charge on any atom is -0.481 e. The maximum atomic E-state index is 12.7. The van der Waals surface area contributed by atoms with Crippen LogP contribution in [0.15, 0.2) is 36.4 Å². The van der Waals surface area contributed by atoms with E-state index >= 15 is 0 Å². The number of rotatable bonds is 6. The van der Waals surface area contributed by atoms with E-state index < -0.39 is 24.3 Å². The summed E-state index contributed by atoms with van der Waals surface area (Å²) in [5, 5.41) is -0.240. The van der Waals surface area contributed by atoms with Crippen molar-refractivity contribution in [3.63, 3.8) is 0 Å². The monoisotopic (exact) mass is 388 g/mol. The fourth-order valence-electron chi connectivity index (χ4n) is 1.88. The lowest BCUT2D eigenvalue weighted by atomic mass is 10.2. The van der Waals surface area contributed by atoms with Gasteiger partial charge in [0.2, 0.25) is 0 Å². The fourth-order valence-corrected chi connectivity index (χ4v) is 2.10. The lowest BCUT2D eigenvalue weighted by molar-refractivity contribution is -0.143. The van der Waals surface area contributed by atoms with Crippen LogP contribution in [-0.4, -0.2) is 26.0 Å². The number of esters is 1. The Morgan fingerprint density at radius 1 is 1.15 bits per heavy atom. The average molecular weight is 389 g/mol. The zero-order valence-electron chi connectivity index (χ0n) is 13.3. The van der Waals surface area contributed by atoms with Crippen molar-refractivity contribution in [2.24, 2.45) is 0 Å². The van der Waals surface area contributed by atoms with Gasteiger partial charge in [-0.2, -0.15) is 13.2 Å². The molecule has 0 amide bonds. The van der Waals surface area contributed by atoms with E-state index in [2.05, 4.69) is 4.74 Å². The number of benzene rings is 2. The Morgan fingerprint density at radius 3 is 2.46 bits per heavy atom. The van der Waals surface area contributed by atoms with Crippen LogP contribution in [-0.2, 0) is 15.7 Å². The molecule has 0 unspecified atom stereocenters. The Labute approximate surface area is 151 Å². The summed E-state index contributed by atoms with van der Waals surface area (Å²) in [4.78, 5) is 22.2. The molecule has 26 heavy (non-hydrogen) atoms. The van der Waals surface area contributed by atoms with E-state index in [0.29, 0.717) is 6.29 Å². The Hall–Kier alpha value is -2.74. The van der Waals surface area contributed by atoms with Crippen molar-refractivity contribution in [2.45, 2.75) is 6.18 Å². The largest absolute Gasteiger partial charge is 0.481 e. The second-order valence-corrected chi connectivity index (χ2v) is 5.33. The van der Waals surface area contributed by atoms with Gasteiger partial charge in [0, 0.05) is 6.07 Å². The molecular formula is C17H12ClF3O5. The predicted octanol–water partition coefficient (Wildman–Crippen LogP) is 4.52. The second-order valence-electron chi connectivity index (χ2n) is 4.93. The first-order chi connectivity index (χ1) is 12.2. The molecule has 0 spiro atoms. The zero-order chi connectivity index (χ0) is 19.3. The highest BCUT2D eigenvalue weighted by molar-refractivity contribution is 6.32. The van der Waals surface area contributed by atoms with E-state index in [1.165, 1.54) is 25.3 Å². The standard InChI is InChI=1S/C17H12ClF3O5/c1-24-16(23)9-25-15-7-12(4-2-10(15)8-22)26-14-5-3-11(6-13(14)18)17(19,20)21/h2-8H,9H2,1H3. The Kier molecular flexibility index (Phi) is 6.10. The number of hydrogen-bond acceptors (Lipinski definition) is 5. The van der Waals surface area contributed by atoms with Crippen molar-refractivity contribution in [1.82, 2.24) is 0 Å². The van der Waals surface area contributed by atoms with Crippen LogP contribution in [0.3, 0.4) is 0 Å². The van der Waals surface area contributed by atoms with Crippen LogP contribution in [0.25, 0.3) is 0 Å². The molecule has 0 bridgehead atoms. The maximum absolute atomic E-state index is 12.7. The van der Waals surface area contributed by atoms with Crippen molar-refractivity contribution in [3.05, 3.63) is 52.5 Å². The van der Waals surface area contributed by atoms with Crippen LogP contribution in [0, 0.1) is 0 Å². The molecular weight excluding hydrogens is 377 g/mol. The molecule has 0 saturated heterocycles. The Morgan fingerprint density at radius 2 is 1.88 bits per heavy atom. The molecule has 0 radical (unpaired) electrons. The van der Waals surface area contributed by atoms with Gasteiger partial charge in [-0.05, 0) is 30.3 Å². The van der Waals surface area contributed by atoms with E-state index in [0.717, 1.165) is 18.2 Å². The lowest BCUT2D eigenvalue weighted by Crippen LogP contribution is -2.13. The summed E-state index contributed by atoms with van der Waals surface area (Å²) in [6.07, 6.45) is -4.01. The second kappa shape index (κ2) is 8.09. The van der Waals surface area contributed by atoms with Gasteiger partial charge in [-0.1, -0.05) is 11.6 Å². The summed E-state index contributed by atoms with van der Waals surface area (Å²) in [6, 6.07) is 6.73. The first kappa shape index (κ1) is 19.6. The molecule has 0 heterocycles. The molecule has 2 aromatic carbocycles. The molecule has 9 heteroatoms. The number of methoxy groups -OCH3 is 1. The van der Waals surface area contributed by atoms with Gasteiger partial charge in [0.15, 0.2) is 12.9 Å². The van der Waals surface area contributed by atoms with Gasteiger partial charge in [-0.3, -0.25) is 4.79 Å². The van der Waals surface area contributed by atoms with Crippen LogP contribution in [0.1, 0.15) is 15.9 Å². The molecule has 0 N–H and O–H groups in total. The van der Waals surface area contributed by atoms with Crippen molar-refractivity contribution >= 4 is 23.9 Å². The van der Waals surface area contributed by atoms with Gasteiger partial charge >= 0.3 is 12.1 Å². The van der Waals surface area contributed by atoms with Crippen LogP contribution in [0.4, 0.5) is 13.2 Å². The van der Waals surface area contributed by atoms with E-state index in [1.807, 2.05) is 0 Å². The molecule has 0 aromatic heterocycles. The van der Waals surface area contributed by atoms with E-state index in [-0.39, 0.29) is 27.8 Å². The van der Waals surface area contributed by atoms with Crippen LogP contribution in [0.2, 0.25) is 5.02 Å². The van der Waals surface area contributed by atoms with Gasteiger partial charge in [-0.25, -0.2) is 4.79 Å². The first-order valence-corrected chi connectivity index (χ1v) is 7.46. The molecule has 0 aliphatic rings. The van der Waals surface area contributed by atoms with Gasteiger partial charge in [0.25, 0.3) is 0 Å². The maximum Gasteiger partial charge on any atom is 0.416 e. The average Bonchev–Trinajstić information content (AvgIpc) is 2.60. The molecule has 0 saturated carbocycles. The smallest absolute Gasteiger partial charge is 0.416 e. The molecule has 0 atom stereocenters. The van der Waals surface area contributed by atoms with E-state index in [1.54, 1.807) is 0 Å². The topological polar surface area (TPSA) is 61.8 Å². The predicted molar refractivity (Wildman–Crippen MR) is 85.9 cm³/mol. The summed E-state index contributed by atoms with van der Waals surface area (Å²) in [6.45, 7) is -0.429. The van der Waals surface area contributed by atoms with Crippen molar-refractivity contribution < 1.29 is 37.0 Å². The third-order valence-corrected chi connectivity index (χ3v) is 3.47.